The van der Waals surface area contributed by atoms with Gasteiger partial charge in [0, 0.05) is 16.5 Å². The van der Waals surface area contributed by atoms with Crippen molar-refractivity contribution in [2.45, 2.75) is 0 Å². The van der Waals surface area contributed by atoms with E-state index >= 15 is 0 Å². The summed E-state index contributed by atoms with van der Waals surface area (Å²) in [7, 11) is -2.79. The summed E-state index contributed by atoms with van der Waals surface area (Å²) < 4.78 is 2.16. The van der Waals surface area contributed by atoms with Gasteiger partial charge in [0.1, 0.15) is 0 Å². The van der Waals surface area contributed by atoms with E-state index in [4.69, 9.17) is 0 Å². The molecule has 1 heterocycles. The minimum Gasteiger partial charge on any atom is -0.309 e. The largest absolute Gasteiger partial charge is 0.309 e. The van der Waals surface area contributed by atoms with Crippen molar-refractivity contribution in [3.63, 3.8) is 0 Å². The van der Waals surface area contributed by atoms with Crippen LogP contribution in [0.1, 0.15) is 16.7 Å². The predicted octanol–water partition coefficient (Wildman–Crippen LogP) is 7.44. The Morgan fingerprint density at radius 1 is 0.420 bits per heavy atom. The van der Waals surface area contributed by atoms with Crippen LogP contribution in [0.15, 0.2) is 170 Å². The Labute approximate surface area is 291 Å². The lowest BCUT2D eigenvalue weighted by Gasteiger charge is -2.34. The molecule has 0 radical (unpaired) electrons. The molecule has 0 saturated heterocycles. The molecule has 0 spiro atoms. The second-order valence-corrected chi connectivity index (χ2v) is 16.1. The lowest BCUT2D eigenvalue weighted by molar-refractivity contribution is 1.18. The van der Waals surface area contributed by atoms with E-state index in [1.54, 1.807) is 0 Å². The first-order valence-corrected chi connectivity index (χ1v) is 18.4. The Bertz CT molecular complexity index is 2490. The van der Waals surface area contributed by atoms with Gasteiger partial charge in [-0.2, -0.15) is 15.8 Å². The van der Waals surface area contributed by atoms with Crippen LogP contribution in [0.3, 0.4) is 0 Å². The molecule has 4 nitrogen and oxygen atoms in total. The van der Waals surface area contributed by atoms with Crippen molar-refractivity contribution >= 4 is 50.6 Å². The highest BCUT2D eigenvalue weighted by atomic mass is 28.3. The summed E-state index contributed by atoms with van der Waals surface area (Å²) in [6.45, 7) is 0. The third kappa shape index (κ3) is 4.88. The topological polar surface area (TPSA) is 76.3 Å². The summed E-state index contributed by atoms with van der Waals surface area (Å²) in [5.41, 5.74) is 6.43. The maximum Gasteiger partial charge on any atom is 0.179 e. The van der Waals surface area contributed by atoms with Gasteiger partial charge in [0.15, 0.2) is 8.07 Å². The molecule has 0 fully saturated rings. The Kier molecular flexibility index (Phi) is 7.63. The summed E-state index contributed by atoms with van der Waals surface area (Å²) in [4.78, 5) is 0. The average Bonchev–Trinajstić information content (AvgIpc) is 3.52. The minimum absolute atomic E-state index is 0.569. The molecule has 0 unspecified atom stereocenters. The van der Waals surface area contributed by atoms with Crippen molar-refractivity contribution in [3.05, 3.63) is 187 Å². The van der Waals surface area contributed by atoms with E-state index in [1.807, 2.05) is 42.5 Å². The fourth-order valence-electron chi connectivity index (χ4n) is 7.41. The second-order valence-electron chi connectivity index (χ2n) is 12.3. The van der Waals surface area contributed by atoms with Gasteiger partial charge in [0.2, 0.25) is 0 Å². The van der Waals surface area contributed by atoms with E-state index in [0.29, 0.717) is 16.7 Å². The number of hydrogen-bond acceptors (Lipinski definition) is 3. The zero-order valence-corrected chi connectivity index (χ0v) is 28.0. The van der Waals surface area contributed by atoms with Crippen molar-refractivity contribution in [2.75, 3.05) is 0 Å². The lowest BCUT2D eigenvalue weighted by Crippen LogP contribution is -2.74. The van der Waals surface area contributed by atoms with Crippen molar-refractivity contribution in [1.82, 2.24) is 4.57 Å². The van der Waals surface area contributed by atoms with Crippen LogP contribution in [-0.4, -0.2) is 12.6 Å². The zero-order valence-electron chi connectivity index (χ0n) is 27.0. The molecule has 50 heavy (non-hydrogen) atoms. The van der Waals surface area contributed by atoms with Crippen molar-refractivity contribution in [1.29, 1.82) is 15.8 Å². The minimum atomic E-state index is -2.79. The van der Waals surface area contributed by atoms with E-state index in [0.717, 1.165) is 38.6 Å². The summed E-state index contributed by atoms with van der Waals surface area (Å²) in [6, 6.07) is 65.3. The Morgan fingerprint density at radius 2 is 0.900 bits per heavy atom. The van der Waals surface area contributed by atoms with Gasteiger partial charge in [0.25, 0.3) is 0 Å². The molecule has 0 aliphatic carbocycles. The number of rotatable bonds is 6. The molecule has 7 aromatic carbocycles. The highest BCUT2D eigenvalue weighted by molar-refractivity contribution is 7.19. The molecule has 0 bridgehead atoms. The lowest BCUT2D eigenvalue weighted by atomic mass is 10.00. The first-order valence-electron chi connectivity index (χ1n) is 16.4. The molecular formula is C45H28N4Si. The van der Waals surface area contributed by atoms with E-state index in [-0.39, 0.29) is 0 Å². The standard InChI is InChI=1S/C45H28N4Si/c46-29-32-16-24-44-42(26-32)43-27-33(30-47)17-25-45(43)49(44)36-21-18-34(19-22-36)41-28-40(23-20-35(41)31-48)50(37-10-4-1-5-11-37,38-12-6-2-7-13-38)39-14-8-3-9-15-39/h1-28H. The fourth-order valence-corrected chi connectivity index (χ4v) is 12.2. The van der Waals surface area contributed by atoms with Crippen LogP contribution in [0.2, 0.25) is 0 Å². The molecule has 0 aliphatic rings. The smallest absolute Gasteiger partial charge is 0.179 e. The highest BCUT2D eigenvalue weighted by Crippen LogP contribution is 2.34. The maximum absolute atomic E-state index is 10.4. The summed E-state index contributed by atoms with van der Waals surface area (Å²) in [5.74, 6) is 0. The van der Waals surface area contributed by atoms with Crippen LogP contribution in [0.4, 0.5) is 0 Å². The van der Waals surface area contributed by atoms with Gasteiger partial charge in [-0.15, -0.1) is 0 Å². The fraction of sp³-hybridized carbons (Fsp3) is 0. The zero-order chi connectivity index (χ0) is 34.1. The van der Waals surface area contributed by atoms with Crippen LogP contribution in [-0.2, 0) is 0 Å². The molecule has 8 aromatic rings. The molecule has 0 saturated carbocycles. The van der Waals surface area contributed by atoms with E-state index < -0.39 is 8.07 Å². The SMILES string of the molecule is N#Cc1ccc2c(c1)c1cc(C#N)ccc1n2-c1ccc(-c2cc([Si](c3ccccc3)(c3ccccc3)c3ccccc3)ccc2C#N)cc1. The first-order chi connectivity index (χ1) is 24.6. The van der Waals surface area contributed by atoms with Crippen LogP contribution in [0.25, 0.3) is 38.6 Å². The molecule has 8 rings (SSSR count). The quantitative estimate of drug-likeness (QED) is 0.138. The van der Waals surface area contributed by atoms with Crippen LogP contribution in [0.5, 0.6) is 0 Å². The Hall–Kier alpha value is -6.97. The molecule has 0 atom stereocenters. The first kappa shape index (κ1) is 30.4. The number of aromatic nitrogens is 1. The molecule has 1 aromatic heterocycles. The van der Waals surface area contributed by atoms with Gasteiger partial charge >= 0.3 is 0 Å². The molecule has 0 N–H and O–H groups in total. The Morgan fingerprint density at radius 3 is 1.34 bits per heavy atom. The third-order valence-corrected chi connectivity index (χ3v) is 14.4. The maximum atomic E-state index is 10.4. The normalized spacial score (nSPS) is 11.1. The van der Waals surface area contributed by atoms with Gasteiger partial charge in [-0.3, -0.25) is 0 Å². The highest BCUT2D eigenvalue weighted by Gasteiger charge is 2.41. The predicted molar refractivity (Wildman–Crippen MR) is 204 cm³/mol. The van der Waals surface area contributed by atoms with Crippen molar-refractivity contribution < 1.29 is 0 Å². The second kappa shape index (κ2) is 12.6. The Balaban J connectivity index is 1.32. The van der Waals surface area contributed by atoms with Crippen LogP contribution in [0, 0.1) is 34.0 Å². The van der Waals surface area contributed by atoms with Gasteiger partial charge in [-0.05, 0) is 86.5 Å². The number of hydrogen-bond donors (Lipinski definition) is 0. The van der Waals surface area contributed by atoms with Gasteiger partial charge in [0.05, 0.1) is 45.9 Å². The van der Waals surface area contributed by atoms with E-state index in [1.165, 1.54) is 20.7 Å². The van der Waals surface area contributed by atoms with Crippen molar-refractivity contribution in [3.8, 4) is 35.0 Å². The molecule has 232 valence electrons. The van der Waals surface area contributed by atoms with Crippen LogP contribution < -0.4 is 20.7 Å². The van der Waals surface area contributed by atoms with Gasteiger partial charge in [-0.1, -0.05) is 115 Å². The number of fused-ring (bicyclic) bond motifs is 3. The molecular weight excluding hydrogens is 625 g/mol. The van der Waals surface area contributed by atoms with Gasteiger partial charge in [-0.25, -0.2) is 0 Å². The number of nitriles is 3. The van der Waals surface area contributed by atoms with Gasteiger partial charge < -0.3 is 4.57 Å². The van der Waals surface area contributed by atoms with Crippen molar-refractivity contribution in [2.24, 2.45) is 0 Å². The third-order valence-electron chi connectivity index (χ3n) is 9.65. The average molecular weight is 653 g/mol. The summed E-state index contributed by atoms with van der Waals surface area (Å²) >= 11 is 0. The summed E-state index contributed by atoms with van der Waals surface area (Å²) in [5, 5.41) is 36.4. The number of nitrogens with zero attached hydrogens (tertiary/aromatic N) is 4. The molecule has 0 amide bonds. The molecule has 5 heteroatoms. The monoisotopic (exact) mass is 652 g/mol. The van der Waals surface area contributed by atoms with Crippen LogP contribution >= 0.6 is 0 Å². The van der Waals surface area contributed by atoms with E-state index in [9.17, 15) is 15.8 Å². The van der Waals surface area contributed by atoms with E-state index in [2.05, 4.69) is 150 Å². The molecule has 0 aliphatic heterocycles. The summed E-state index contributed by atoms with van der Waals surface area (Å²) in [6.07, 6.45) is 0. The number of benzene rings is 7.